The molecule has 5 heteroatoms. The van der Waals surface area contributed by atoms with E-state index in [4.69, 9.17) is 9.47 Å². The van der Waals surface area contributed by atoms with Crippen LogP contribution in [0, 0.1) is 6.92 Å². The van der Waals surface area contributed by atoms with Crippen molar-refractivity contribution >= 4 is 10.8 Å². The van der Waals surface area contributed by atoms with Crippen molar-refractivity contribution in [2.45, 2.75) is 39.3 Å². The summed E-state index contributed by atoms with van der Waals surface area (Å²) in [6.07, 6.45) is 0.761. The van der Waals surface area contributed by atoms with E-state index in [1.165, 1.54) is 0 Å². The number of ether oxygens (including phenoxy) is 2. The minimum atomic E-state index is -0.00699. The first-order valence-corrected chi connectivity index (χ1v) is 9.85. The number of phenolic OH excluding ortho intramolecular Hbond substituents is 2. The van der Waals surface area contributed by atoms with Crippen molar-refractivity contribution in [2.24, 2.45) is 0 Å². The van der Waals surface area contributed by atoms with Gasteiger partial charge in [0.15, 0.2) is 0 Å². The van der Waals surface area contributed by atoms with Crippen molar-refractivity contribution in [3.8, 4) is 34.1 Å². The molecule has 0 aliphatic carbocycles. The lowest BCUT2D eigenvalue weighted by atomic mass is 9.84. The molecule has 1 aliphatic heterocycles. The summed E-state index contributed by atoms with van der Waals surface area (Å²) in [5.41, 5.74) is 3.96. The molecule has 4 rings (SSSR count). The molecule has 0 radical (unpaired) electrons. The molecule has 0 amide bonds. The molecule has 3 N–H and O–H groups in total. The van der Waals surface area contributed by atoms with Gasteiger partial charge in [-0.3, -0.25) is 0 Å². The van der Waals surface area contributed by atoms with Crippen LogP contribution in [0.2, 0.25) is 0 Å². The van der Waals surface area contributed by atoms with Crippen molar-refractivity contribution < 1.29 is 19.7 Å². The van der Waals surface area contributed by atoms with E-state index in [-0.39, 0.29) is 23.6 Å². The molecular weight excluding hydrogens is 366 g/mol. The van der Waals surface area contributed by atoms with Gasteiger partial charge in [0.1, 0.15) is 23.0 Å². The summed E-state index contributed by atoms with van der Waals surface area (Å²) < 4.78 is 11.2. The molecule has 1 heterocycles. The van der Waals surface area contributed by atoms with E-state index in [0.29, 0.717) is 17.1 Å². The maximum Gasteiger partial charge on any atom is 0.132 e. The molecule has 29 heavy (non-hydrogen) atoms. The van der Waals surface area contributed by atoms with E-state index in [9.17, 15) is 10.2 Å². The Hall–Kier alpha value is -2.92. The van der Waals surface area contributed by atoms with Gasteiger partial charge in [0.05, 0.1) is 25.2 Å². The highest BCUT2D eigenvalue weighted by Gasteiger charge is 2.29. The fourth-order valence-corrected chi connectivity index (χ4v) is 4.73. The number of aromatic hydroxyl groups is 2. The van der Waals surface area contributed by atoms with E-state index < -0.39 is 0 Å². The number of hydrogen-bond acceptors (Lipinski definition) is 5. The summed E-state index contributed by atoms with van der Waals surface area (Å²) >= 11 is 0. The minimum Gasteiger partial charge on any atom is -0.507 e. The molecule has 0 saturated heterocycles. The molecule has 5 nitrogen and oxygen atoms in total. The minimum absolute atomic E-state index is 0.00699. The van der Waals surface area contributed by atoms with Crippen LogP contribution in [0.25, 0.3) is 21.9 Å². The number of rotatable bonds is 3. The van der Waals surface area contributed by atoms with Crippen LogP contribution in [0.1, 0.15) is 36.6 Å². The standard InChI is InChI=1S/C24H27NO4/c1-12-9-19(29-5)22-16(7-6-8-18(22)28-4)20(12)23-17(26)11-15-10-13(2)25-14(3)21(15)24(23)27/h6-9,11,13-14,25-27H,10H2,1-5H3/t13-,14-/m0/s1. The highest BCUT2D eigenvalue weighted by molar-refractivity contribution is 6.06. The fourth-order valence-electron chi connectivity index (χ4n) is 4.73. The normalized spacial score (nSPS) is 18.5. The van der Waals surface area contributed by atoms with Gasteiger partial charge < -0.3 is 25.0 Å². The van der Waals surface area contributed by atoms with Gasteiger partial charge in [-0.2, -0.15) is 0 Å². The zero-order valence-corrected chi connectivity index (χ0v) is 17.5. The number of fused-ring (bicyclic) bond motifs is 2. The topological polar surface area (TPSA) is 71.0 Å². The van der Waals surface area contributed by atoms with Crippen LogP contribution in [0.15, 0.2) is 30.3 Å². The maximum absolute atomic E-state index is 11.3. The van der Waals surface area contributed by atoms with Crippen LogP contribution >= 0.6 is 0 Å². The van der Waals surface area contributed by atoms with Crippen LogP contribution in [0.5, 0.6) is 23.0 Å². The zero-order chi connectivity index (χ0) is 20.9. The summed E-state index contributed by atoms with van der Waals surface area (Å²) in [5.74, 6) is 1.59. The Balaban J connectivity index is 2.09. The third kappa shape index (κ3) is 2.97. The van der Waals surface area contributed by atoms with Crippen molar-refractivity contribution in [3.05, 3.63) is 47.0 Å². The third-order valence-electron chi connectivity index (χ3n) is 5.87. The second-order valence-electron chi connectivity index (χ2n) is 7.84. The first-order valence-electron chi connectivity index (χ1n) is 9.85. The number of phenols is 2. The monoisotopic (exact) mass is 393 g/mol. The molecule has 0 saturated carbocycles. The van der Waals surface area contributed by atoms with Gasteiger partial charge >= 0.3 is 0 Å². The SMILES string of the molecule is COc1cccc2c(-c3c(O)cc4c(c3O)[C@H](C)N[C@@H](C)C4)c(C)cc(OC)c12. The quantitative estimate of drug-likeness (QED) is 0.594. The Morgan fingerprint density at radius 1 is 1.00 bits per heavy atom. The lowest BCUT2D eigenvalue weighted by molar-refractivity contribution is 0.402. The Bertz CT molecular complexity index is 1110. The lowest BCUT2D eigenvalue weighted by Gasteiger charge is -2.31. The molecule has 0 bridgehead atoms. The molecule has 152 valence electrons. The van der Waals surface area contributed by atoms with Crippen LogP contribution < -0.4 is 14.8 Å². The smallest absolute Gasteiger partial charge is 0.132 e. The molecule has 1 aliphatic rings. The van der Waals surface area contributed by atoms with E-state index in [2.05, 4.69) is 12.2 Å². The predicted octanol–water partition coefficient (Wildman–Crippen LogP) is 4.84. The first kappa shape index (κ1) is 19.4. The second kappa shape index (κ2) is 7.16. The summed E-state index contributed by atoms with van der Waals surface area (Å²) in [5, 5.41) is 27.4. The molecule has 2 atom stereocenters. The first-order chi connectivity index (χ1) is 13.9. The van der Waals surface area contributed by atoms with Crippen LogP contribution in [0.4, 0.5) is 0 Å². The number of nitrogens with one attached hydrogen (secondary N) is 1. The zero-order valence-electron chi connectivity index (χ0n) is 17.5. The van der Waals surface area contributed by atoms with Crippen molar-refractivity contribution in [3.63, 3.8) is 0 Å². The summed E-state index contributed by atoms with van der Waals surface area (Å²) in [6, 6.07) is 9.75. The largest absolute Gasteiger partial charge is 0.507 e. The average molecular weight is 393 g/mol. The highest BCUT2D eigenvalue weighted by atomic mass is 16.5. The Labute approximate surface area is 170 Å². The van der Waals surface area contributed by atoms with Crippen LogP contribution in [-0.2, 0) is 6.42 Å². The number of methoxy groups -OCH3 is 2. The summed E-state index contributed by atoms with van der Waals surface area (Å²) in [4.78, 5) is 0. The molecule has 3 aromatic rings. The summed E-state index contributed by atoms with van der Waals surface area (Å²) in [7, 11) is 3.25. The number of benzene rings is 3. The van der Waals surface area contributed by atoms with Gasteiger partial charge in [-0.05, 0) is 61.9 Å². The molecule has 0 aromatic heterocycles. The Kier molecular flexibility index (Phi) is 4.79. The van der Waals surface area contributed by atoms with Gasteiger partial charge in [0.2, 0.25) is 0 Å². The van der Waals surface area contributed by atoms with Gasteiger partial charge in [-0.1, -0.05) is 12.1 Å². The molecule has 3 aromatic carbocycles. The van der Waals surface area contributed by atoms with E-state index in [0.717, 1.165) is 39.4 Å². The lowest BCUT2D eigenvalue weighted by Crippen LogP contribution is -2.36. The van der Waals surface area contributed by atoms with Gasteiger partial charge in [-0.25, -0.2) is 0 Å². The van der Waals surface area contributed by atoms with Gasteiger partial charge in [-0.15, -0.1) is 0 Å². The number of hydrogen-bond donors (Lipinski definition) is 3. The van der Waals surface area contributed by atoms with Crippen molar-refractivity contribution in [1.82, 2.24) is 5.32 Å². The average Bonchev–Trinajstić information content (AvgIpc) is 2.67. The van der Waals surface area contributed by atoms with Gasteiger partial charge in [0.25, 0.3) is 0 Å². The fraction of sp³-hybridized carbons (Fsp3) is 0.333. The van der Waals surface area contributed by atoms with Crippen molar-refractivity contribution in [1.29, 1.82) is 0 Å². The number of aryl methyl sites for hydroxylation is 1. The second-order valence-corrected chi connectivity index (χ2v) is 7.84. The molecule has 0 spiro atoms. The predicted molar refractivity (Wildman–Crippen MR) is 115 cm³/mol. The Morgan fingerprint density at radius 2 is 1.72 bits per heavy atom. The maximum atomic E-state index is 11.3. The molecule has 0 fully saturated rings. The van der Waals surface area contributed by atoms with Crippen molar-refractivity contribution in [2.75, 3.05) is 14.2 Å². The molecule has 0 unspecified atom stereocenters. The Morgan fingerprint density at radius 3 is 2.41 bits per heavy atom. The molecular formula is C24H27NO4. The van der Waals surface area contributed by atoms with E-state index in [1.807, 2.05) is 38.1 Å². The van der Waals surface area contributed by atoms with Crippen LogP contribution in [-0.4, -0.2) is 30.5 Å². The van der Waals surface area contributed by atoms with E-state index >= 15 is 0 Å². The van der Waals surface area contributed by atoms with E-state index in [1.54, 1.807) is 20.3 Å². The van der Waals surface area contributed by atoms with Gasteiger partial charge in [0, 0.05) is 23.2 Å². The third-order valence-corrected chi connectivity index (χ3v) is 5.87. The summed E-state index contributed by atoms with van der Waals surface area (Å²) in [6.45, 7) is 6.10. The highest BCUT2D eigenvalue weighted by Crippen LogP contribution is 2.50. The van der Waals surface area contributed by atoms with Crippen LogP contribution in [0.3, 0.4) is 0 Å².